The number of methoxy groups -OCH3 is 1. The Balaban J connectivity index is 2.45. The average Bonchev–Trinajstić information content (AvgIpc) is 2.61. The molecule has 126 valence electrons. The number of carbonyl (C=O) groups is 1. The quantitative estimate of drug-likeness (QED) is 0.765. The first-order valence-corrected chi connectivity index (χ1v) is 7.63. The second-order valence-corrected chi connectivity index (χ2v) is 6.62. The van der Waals surface area contributed by atoms with Gasteiger partial charge in [0.05, 0.1) is 0 Å². The third-order valence-corrected chi connectivity index (χ3v) is 4.26. The molecule has 1 unspecified atom stereocenters. The SMILES string of the molecule is C=C1OC(C)(C)C(=O)C1(Cc1cc(Br)ccc1OC(F)F)OC. The standard InChI is InChI=1S/C16H17BrF2O4/c1-9-16(21-4,13(20)15(2,3)23-9)8-10-7-11(17)5-6-12(10)22-14(18)19/h5-7,14H,1,8H2,2-4H3. The lowest BCUT2D eigenvalue weighted by Gasteiger charge is -2.26. The molecule has 7 heteroatoms. The van der Waals surface area contributed by atoms with Crippen LogP contribution in [0.25, 0.3) is 0 Å². The maximum absolute atomic E-state index is 12.7. The third kappa shape index (κ3) is 3.26. The summed E-state index contributed by atoms with van der Waals surface area (Å²) >= 11 is 3.28. The number of ketones is 1. The normalized spacial score (nSPS) is 23.3. The number of halogens is 3. The maximum atomic E-state index is 12.7. The lowest BCUT2D eigenvalue weighted by atomic mass is 9.84. The predicted molar refractivity (Wildman–Crippen MR) is 83.5 cm³/mol. The van der Waals surface area contributed by atoms with Crippen LogP contribution < -0.4 is 4.74 Å². The number of rotatable bonds is 5. The van der Waals surface area contributed by atoms with Gasteiger partial charge in [0.1, 0.15) is 11.5 Å². The van der Waals surface area contributed by atoms with E-state index in [4.69, 9.17) is 9.47 Å². The summed E-state index contributed by atoms with van der Waals surface area (Å²) in [6, 6.07) is 4.58. The van der Waals surface area contributed by atoms with Gasteiger partial charge in [-0.2, -0.15) is 8.78 Å². The number of ether oxygens (including phenoxy) is 3. The minimum absolute atomic E-state index is 0.0217. The van der Waals surface area contributed by atoms with Gasteiger partial charge in [0, 0.05) is 18.0 Å². The Morgan fingerprint density at radius 2 is 2.04 bits per heavy atom. The molecule has 0 aliphatic carbocycles. The summed E-state index contributed by atoms with van der Waals surface area (Å²) in [4.78, 5) is 12.7. The van der Waals surface area contributed by atoms with Crippen molar-refractivity contribution in [2.24, 2.45) is 0 Å². The zero-order valence-electron chi connectivity index (χ0n) is 13.0. The van der Waals surface area contributed by atoms with Gasteiger partial charge in [0.15, 0.2) is 11.2 Å². The Kier molecular flexibility index (Phi) is 4.82. The lowest BCUT2D eigenvalue weighted by Crippen LogP contribution is -2.45. The molecule has 0 spiro atoms. The van der Waals surface area contributed by atoms with Crippen LogP contribution in [-0.4, -0.2) is 30.7 Å². The fourth-order valence-electron chi connectivity index (χ4n) is 2.67. The van der Waals surface area contributed by atoms with Crippen molar-refractivity contribution >= 4 is 21.7 Å². The van der Waals surface area contributed by atoms with Gasteiger partial charge in [-0.1, -0.05) is 22.5 Å². The zero-order valence-corrected chi connectivity index (χ0v) is 14.6. The predicted octanol–water partition coefficient (Wildman–Crippen LogP) is 3.87. The molecule has 2 rings (SSSR count). The molecule has 0 radical (unpaired) electrons. The van der Waals surface area contributed by atoms with Crippen LogP contribution in [0.1, 0.15) is 19.4 Å². The minimum Gasteiger partial charge on any atom is -0.481 e. The first-order chi connectivity index (χ1) is 10.6. The highest BCUT2D eigenvalue weighted by Crippen LogP contribution is 2.42. The molecule has 0 amide bonds. The van der Waals surface area contributed by atoms with Crippen molar-refractivity contribution in [2.75, 3.05) is 7.11 Å². The molecule has 4 nitrogen and oxygen atoms in total. The summed E-state index contributed by atoms with van der Waals surface area (Å²) < 4.78 is 41.3. The van der Waals surface area contributed by atoms with Gasteiger partial charge in [-0.15, -0.1) is 0 Å². The molecule has 1 aliphatic rings. The molecule has 1 aromatic rings. The first-order valence-electron chi connectivity index (χ1n) is 6.84. The Morgan fingerprint density at radius 3 is 2.52 bits per heavy atom. The van der Waals surface area contributed by atoms with Crippen LogP contribution >= 0.6 is 15.9 Å². The van der Waals surface area contributed by atoms with Crippen molar-refractivity contribution in [3.05, 3.63) is 40.6 Å². The Bertz CT molecular complexity index is 645. The van der Waals surface area contributed by atoms with Crippen molar-refractivity contribution in [3.63, 3.8) is 0 Å². The van der Waals surface area contributed by atoms with Crippen molar-refractivity contribution in [3.8, 4) is 5.75 Å². The van der Waals surface area contributed by atoms with Gasteiger partial charge >= 0.3 is 6.61 Å². The third-order valence-electron chi connectivity index (χ3n) is 3.77. The van der Waals surface area contributed by atoms with Crippen molar-refractivity contribution < 1.29 is 27.8 Å². The summed E-state index contributed by atoms with van der Waals surface area (Å²) in [7, 11) is 1.36. The van der Waals surface area contributed by atoms with Crippen LogP contribution in [0.15, 0.2) is 35.0 Å². The van der Waals surface area contributed by atoms with E-state index in [-0.39, 0.29) is 23.7 Å². The smallest absolute Gasteiger partial charge is 0.387 e. The summed E-state index contributed by atoms with van der Waals surface area (Å²) in [5, 5.41) is 0. The number of hydrogen-bond acceptors (Lipinski definition) is 4. The molecule has 1 saturated heterocycles. The molecule has 0 N–H and O–H groups in total. The van der Waals surface area contributed by atoms with Crippen LogP contribution in [0, 0.1) is 0 Å². The molecular weight excluding hydrogens is 374 g/mol. The second-order valence-electron chi connectivity index (χ2n) is 5.70. The maximum Gasteiger partial charge on any atom is 0.387 e. The molecule has 0 bridgehead atoms. The van der Waals surface area contributed by atoms with Gasteiger partial charge in [-0.25, -0.2) is 0 Å². The number of alkyl halides is 2. The van der Waals surface area contributed by atoms with E-state index < -0.39 is 17.8 Å². The summed E-state index contributed by atoms with van der Waals surface area (Å²) in [6.45, 7) is 4.02. The fraction of sp³-hybridized carbons (Fsp3) is 0.438. The number of benzene rings is 1. The van der Waals surface area contributed by atoms with E-state index in [1.54, 1.807) is 26.0 Å². The van der Waals surface area contributed by atoms with Gasteiger partial charge in [-0.05, 0) is 37.6 Å². The Morgan fingerprint density at radius 1 is 1.39 bits per heavy atom. The highest BCUT2D eigenvalue weighted by molar-refractivity contribution is 9.10. The Hall–Kier alpha value is -1.47. The van der Waals surface area contributed by atoms with E-state index in [2.05, 4.69) is 27.2 Å². The van der Waals surface area contributed by atoms with Crippen LogP contribution in [0.2, 0.25) is 0 Å². The molecule has 1 fully saturated rings. The topological polar surface area (TPSA) is 44.8 Å². The second kappa shape index (κ2) is 6.20. The van der Waals surface area contributed by atoms with E-state index in [0.29, 0.717) is 10.0 Å². The number of hydrogen-bond donors (Lipinski definition) is 0. The van der Waals surface area contributed by atoms with Gasteiger partial charge in [0.2, 0.25) is 5.78 Å². The number of carbonyl (C=O) groups excluding carboxylic acids is 1. The molecule has 23 heavy (non-hydrogen) atoms. The highest BCUT2D eigenvalue weighted by atomic mass is 79.9. The van der Waals surface area contributed by atoms with Crippen LogP contribution in [-0.2, 0) is 20.7 Å². The molecule has 0 aromatic heterocycles. The lowest BCUT2D eigenvalue weighted by molar-refractivity contribution is -0.139. The molecule has 1 heterocycles. The first kappa shape index (κ1) is 17.9. The molecule has 0 saturated carbocycles. The monoisotopic (exact) mass is 390 g/mol. The zero-order chi connectivity index (χ0) is 17.4. The summed E-state index contributed by atoms with van der Waals surface area (Å²) in [6.07, 6.45) is -0.0217. The van der Waals surface area contributed by atoms with E-state index in [1.165, 1.54) is 13.2 Å². The van der Waals surface area contributed by atoms with E-state index in [1.807, 2.05) is 0 Å². The van der Waals surface area contributed by atoms with Crippen LogP contribution in [0.4, 0.5) is 8.78 Å². The highest BCUT2D eigenvalue weighted by Gasteiger charge is 2.58. The largest absolute Gasteiger partial charge is 0.481 e. The average molecular weight is 391 g/mol. The molecule has 1 aliphatic heterocycles. The van der Waals surface area contributed by atoms with E-state index >= 15 is 0 Å². The minimum atomic E-state index is -2.97. The van der Waals surface area contributed by atoms with Crippen LogP contribution in [0.3, 0.4) is 0 Å². The van der Waals surface area contributed by atoms with Gasteiger partial charge in [0.25, 0.3) is 0 Å². The van der Waals surface area contributed by atoms with Crippen molar-refractivity contribution in [1.29, 1.82) is 0 Å². The summed E-state index contributed by atoms with van der Waals surface area (Å²) in [5.41, 5.74) is -2.15. The molecule has 1 aromatic carbocycles. The van der Waals surface area contributed by atoms with Crippen molar-refractivity contribution in [1.82, 2.24) is 0 Å². The van der Waals surface area contributed by atoms with Gasteiger partial charge in [-0.3, -0.25) is 4.79 Å². The summed E-state index contributed by atoms with van der Waals surface area (Å²) in [5.74, 6) is -0.191. The van der Waals surface area contributed by atoms with E-state index in [0.717, 1.165) is 0 Å². The molecule has 1 atom stereocenters. The van der Waals surface area contributed by atoms with Crippen LogP contribution in [0.5, 0.6) is 5.75 Å². The van der Waals surface area contributed by atoms with Gasteiger partial charge < -0.3 is 14.2 Å². The van der Waals surface area contributed by atoms with E-state index in [9.17, 15) is 13.6 Å². The number of Topliss-reactive ketones (excluding diaryl/α,β-unsaturated/α-hetero) is 1. The Labute approximate surface area is 141 Å². The van der Waals surface area contributed by atoms with Crippen molar-refractivity contribution in [2.45, 2.75) is 38.1 Å². The molecular formula is C16H17BrF2O4. The fourth-order valence-corrected chi connectivity index (χ4v) is 3.08.